The monoisotopic (exact) mass is 449 g/mol. The molecule has 1 fully saturated rings. The Morgan fingerprint density at radius 2 is 1.50 bits per heavy atom. The summed E-state index contributed by atoms with van der Waals surface area (Å²) < 4.78 is 1.62. The van der Waals surface area contributed by atoms with Gasteiger partial charge < -0.3 is 16.0 Å². The van der Waals surface area contributed by atoms with Gasteiger partial charge in [0.1, 0.15) is 0 Å². The van der Waals surface area contributed by atoms with Crippen LogP contribution in [0.1, 0.15) is 24.3 Å². The van der Waals surface area contributed by atoms with Crippen LogP contribution in [0, 0.1) is 0 Å². The van der Waals surface area contributed by atoms with Crippen LogP contribution < -0.4 is 11.1 Å². The van der Waals surface area contributed by atoms with Crippen molar-refractivity contribution in [1.82, 2.24) is 24.6 Å². The highest BCUT2D eigenvalue weighted by Gasteiger charge is 2.19. The molecular weight excluding hydrogens is 422 g/mol. The summed E-state index contributed by atoms with van der Waals surface area (Å²) in [6, 6.07) is 24.9. The zero-order chi connectivity index (χ0) is 23.1. The van der Waals surface area contributed by atoms with Crippen molar-refractivity contribution in [2.45, 2.75) is 18.8 Å². The van der Waals surface area contributed by atoms with E-state index in [1.165, 1.54) is 18.4 Å². The topological polar surface area (TPSA) is 84.9 Å². The van der Waals surface area contributed by atoms with Gasteiger partial charge in [0.15, 0.2) is 5.82 Å². The zero-order valence-corrected chi connectivity index (χ0v) is 19.1. The molecule has 7 heteroatoms. The van der Waals surface area contributed by atoms with Crippen molar-refractivity contribution in [2.24, 2.45) is 0 Å². The lowest BCUT2D eigenvalue weighted by Crippen LogP contribution is -2.29. The van der Waals surface area contributed by atoms with Crippen molar-refractivity contribution in [1.29, 1.82) is 0 Å². The van der Waals surface area contributed by atoms with Crippen LogP contribution in [0.15, 0.2) is 72.8 Å². The van der Waals surface area contributed by atoms with Gasteiger partial charge in [-0.1, -0.05) is 54.6 Å². The minimum absolute atomic E-state index is 0.290. The predicted octanol–water partition coefficient (Wildman–Crippen LogP) is 5.10. The fraction of sp³-hybridized carbons (Fsp3) is 0.222. The highest BCUT2D eigenvalue weighted by Crippen LogP contribution is 2.31. The van der Waals surface area contributed by atoms with Crippen LogP contribution in [0.2, 0.25) is 0 Å². The van der Waals surface area contributed by atoms with E-state index < -0.39 is 0 Å². The second kappa shape index (κ2) is 8.43. The SMILES string of the molecule is CN1CCC(c2ccc(Nc3nc(N)n(-c4nc5ccccc5c5ccccc45)n3)cc2)CC1. The van der Waals surface area contributed by atoms with Crippen molar-refractivity contribution >= 4 is 39.3 Å². The molecule has 0 bridgehead atoms. The number of aromatic nitrogens is 4. The van der Waals surface area contributed by atoms with Gasteiger partial charge in [0.2, 0.25) is 11.9 Å². The molecule has 0 saturated carbocycles. The van der Waals surface area contributed by atoms with Crippen LogP contribution in [0.25, 0.3) is 27.5 Å². The first kappa shape index (κ1) is 20.6. The van der Waals surface area contributed by atoms with Gasteiger partial charge in [-0.15, -0.1) is 5.10 Å². The number of piperidine rings is 1. The molecule has 1 aliphatic rings. The molecule has 3 heterocycles. The normalized spacial score (nSPS) is 15.2. The highest BCUT2D eigenvalue weighted by atomic mass is 15.4. The van der Waals surface area contributed by atoms with Crippen molar-refractivity contribution < 1.29 is 0 Å². The van der Waals surface area contributed by atoms with E-state index in [4.69, 9.17) is 10.7 Å². The molecule has 2 aromatic heterocycles. The first-order chi connectivity index (χ1) is 16.7. The Kier molecular flexibility index (Phi) is 5.11. The number of nitrogen functional groups attached to an aromatic ring is 1. The van der Waals surface area contributed by atoms with Gasteiger partial charge in [-0.25, -0.2) is 4.98 Å². The van der Waals surface area contributed by atoms with Crippen molar-refractivity contribution in [3.8, 4) is 5.82 Å². The number of pyridine rings is 1. The molecule has 0 aliphatic carbocycles. The molecule has 7 nitrogen and oxygen atoms in total. The van der Waals surface area contributed by atoms with Gasteiger partial charge in [0, 0.05) is 16.5 Å². The summed E-state index contributed by atoms with van der Waals surface area (Å²) in [6.45, 7) is 2.31. The Morgan fingerprint density at radius 1 is 0.824 bits per heavy atom. The Balaban J connectivity index is 1.30. The molecule has 5 aromatic rings. The van der Waals surface area contributed by atoms with E-state index in [2.05, 4.69) is 63.7 Å². The van der Waals surface area contributed by atoms with Gasteiger partial charge in [0.05, 0.1) is 5.52 Å². The fourth-order valence-electron chi connectivity index (χ4n) is 4.89. The van der Waals surface area contributed by atoms with Crippen LogP contribution in [-0.4, -0.2) is 44.8 Å². The van der Waals surface area contributed by atoms with E-state index >= 15 is 0 Å². The van der Waals surface area contributed by atoms with E-state index in [1.807, 2.05) is 36.4 Å². The molecule has 34 heavy (non-hydrogen) atoms. The van der Waals surface area contributed by atoms with Gasteiger partial charge in [-0.3, -0.25) is 0 Å². The predicted molar refractivity (Wildman–Crippen MR) is 138 cm³/mol. The number of nitrogens with one attached hydrogen (secondary N) is 1. The smallest absolute Gasteiger partial charge is 0.248 e. The van der Waals surface area contributed by atoms with Crippen molar-refractivity contribution in [3.05, 3.63) is 78.4 Å². The molecular formula is C27H27N7. The number of nitrogens with zero attached hydrogens (tertiary/aromatic N) is 5. The van der Waals surface area contributed by atoms with Crippen LogP contribution in [-0.2, 0) is 0 Å². The van der Waals surface area contributed by atoms with Crippen LogP contribution in [0.5, 0.6) is 0 Å². The lowest BCUT2D eigenvalue weighted by molar-refractivity contribution is 0.255. The standard InChI is InChI=1S/C27H27N7/c1-33-16-14-19(15-17-33)18-10-12-20(13-11-18)29-27-31-26(28)34(32-27)25-23-8-3-2-6-21(23)22-7-4-5-9-24(22)30-25/h2-13,19H,14-17H2,1H3,(H3,28,29,31,32). The molecule has 0 amide bonds. The number of para-hydroxylation sites is 1. The highest BCUT2D eigenvalue weighted by molar-refractivity contribution is 6.08. The van der Waals surface area contributed by atoms with E-state index in [-0.39, 0.29) is 0 Å². The third kappa shape index (κ3) is 3.74. The summed E-state index contributed by atoms with van der Waals surface area (Å²) in [6.07, 6.45) is 2.41. The summed E-state index contributed by atoms with van der Waals surface area (Å²) >= 11 is 0. The van der Waals surface area contributed by atoms with E-state index in [0.717, 1.165) is 40.5 Å². The number of likely N-dealkylation sites (tertiary alicyclic amines) is 1. The number of rotatable bonds is 4. The molecule has 6 rings (SSSR count). The maximum Gasteiger partial charge on any atom is 0.248 e. The quantitative estimate of drug-likeness (QED) is 0.371. The Bertz CT molecular complexity index is 1460. The van der Waals surface area contributed by atoms with E-state index in [9.17, 15) is 0 Å². The molecule has 3 N–H and O–H groups in total. The second-order valence-electron chi connectivity index (χ2n) is 9.03. The van der Waals surface area contributed by atoms with Gasteiger partial charge in [-0.05, 0) is 68.0 Å². The summed E-state index contributed by atoms with van der Waals surface area (Å²) in [7, 11) is 2.19. The first-order valence-electron chi connectivity index (χ1n) is 11.7. The van der Waals surface area contributed by atoms with Crippen LogP contribution in [0.4, 0.5) is 17.6 Å². The largest absolute Gasteiger partial charge is 0.368 e. The second-order valence-corrected chi connectivity index (χ2v) is 9.03. The third-order valence-electron chi connectivity index (χ3n) is 6.78. The first-order valence-corrected chi connectivity index (χ1v) is 11.7. The van der Waals surface area contributed by atoms with Gasteiger partial charge in [-0.2, -0.15) is 9.67 Å². The average molecular weight is 450 g/mol. The molecule has 170 valence electrons. The minimum Gasteiger partial charge on any atom is -0.368 e. The van der Waals surface area contributed by atoms with E-state index in [0.29, 0.717) is 23.6 Å². The lowest BCUT2D eigenvalue weighted by atomic mass is 9.89. The van der Waals surface area contributed by atoms with Crippen molar-refractivity contribution in [3.63, 3.8) is 0 Å². The number of anilines is 3. The lowest BCUT2D eigenvalue weighted by Gasteiger charge is -2.29. The summed E-state index contributed by atoms with van der Waals surface area (Å²) in [5.41, 5.74) is 9.52. The molecule has 3 aromatic carbocycles. The van der Waals surface area contributed by atoms with Crippen LogP contribution in [0.3, 0.4) is 0 Å². The summed E-state index contributed by atoms with van der Waals surface area (Å²) in [4.78, 5) is 11.7. The summed E-state index contributed by atoms with van der Waals surface area (Å²) in [5, 5.41) is 11.1. The molecule has 0 unspecified atom stereocenters. The van der Waals surface area contributed by atoms with Crippen LogP contribution >= 0.6 is 0 Å². The minimum atomic E-state index is 0.290. The third-order valence-corrected chi connectivity index (χ3v) is 6.78. The Labute approximate surface area is 198 Å². The maximum absolute atomic E-state index is 6.30. The van der Waals surface area contributed by atoms with Gasteiger partial charge in [0.25, 0.3) is 0 Å². The Hall–Kier alpha value is -3.97. The number of hydrogen-bond acceptors (Lipinski definition) is 6. The average Bonchev–Trinajstić information content (AvgIpc) is 3.24. The van der Waals surface area contributed by atoms with E-state index in [1.54, 1.807) is 4.68 Å². The molecule has 0 spiro atoms. The number of fused-ring (bicyclic) bond motifs is 3. The number of hydrogen-bond donors (Lipinski definition) is 2. The van der Waals surface area contributed by atoms with Crippen molar-refractivity contribution in [2.75, 3.05) is 31.2 Å². The molecule has 1 saturated heterocycles. The molecule has 1 aliphatic heterocycles. The fourth-order valence-corrected chi connectivity index (χ4v) is 4.89. The number of benzene rings is 3. The maximum atomic E-state index is 6.30. The Morgan fingerprint density at radius 3 is 2.26 bits per heavy atom. The van der Waals surface area contributed by atoms with Gasteiger partial charge >= 0.3 is 0 Å². The summed E-state index contributed by atoms with van der Waals surface area (Å²) in [5.74, 6) is 2.04. The zero-order valence-electron chi connectivity index (χ0n) is 19.1. The molecule has 0 atom stereocenters. The number of nitrogens with two attached hydrogens (primary N) is 1. The molecule has 0 radical (unpaired) electrons.